The summed E-state index contributed by atoms with van der Waals surface area (Å²) in [7, 11) is 1.23. The number of phosphoric acid groups is 1. The van der Waals surface area contributed by atoms with Crippen molar-refractivity contribution in [3.8, 4) is 0 Å². The Bertz CT molecular complexity index is 855. The van der Waals surface area contributed by atoms with Crippen LogP contribution in [0.1, 0.15) is 142 Å². The SMILES string of the molecule is CCCCCC/C=C/CC/C=C/[C@@H](O)[C@H](COP(=O)([O-])OCC[N+](C)(C)C)NC(=O)CCCCCCC/C=C/CCCCCCC. The van der Waals surface area contributed by atoms with Gasteiger partial charge in [0.05, 0.1) is 39.9 Å². The predicted molar refractivity (Wildman–Crippen MR) is 191 cm³/mol. The Kier molecular flexibility index (Phi) is 29.0. The van der Waals surface area contributed by atoms with Gasteiger partial charge in [0.25, 0.3) is 7.82 Å². The maximum atomic E-state index is 12.7. The van der Waals surface area contributed by atoms with Crippen LogP contribution in [0.2, 0.25) is 0 Å². The molecule has 0 rings (SSSR count). The van der Waals surface area contributed by atoms with Gasteiger partial charge < -0.3 is 28.8 Å². The number of nitrogens with zero attached hydrogens (tertiary/aromatic N) is 1. The largest absolute Gasteiger partial charge is 0.756 e. The van der Waals surface area contributed by atoms with Crippen LogP contribution in [-0.2, 0) is 18.4 Å². The van der Waals surface area contributed by atoms with E-state index in [1.54, 1.807) is 6.08 Å². The molecule has 46 heavy (non-hydrogen) atoms. The number of carbonyl (C=O) groups excluding carboxylic acids is 1. The summed E-state index contributed by atoms with van der Waals surface area (Å²) in [6.07, 6.45) is 33.3. The number of phosphoric ester groups is 1. The molecular weight excluding hydrogens is 599 g/mol. The average Bonchev–Trinajstić information content (AvgIpc) is 2.99. The molecule has 8 nitrogen and oxygen atoms in total. The molecule has 0 aliphatic carbocycles. The normalized spacial score (nSPS) is 15.2. The quantitative estimate of drug-likeness (QED) is 0.0321. The van der Waals surface area contributed by atoms with Crippen LogP contribution in [0.4, 0.5) is 0 Å². The number of hydrogen-bond donors (Lipinski definition) is 2. The van der Waals surface area contributed by atoms with Gasteiger partial charge >= 0.3 is 0 Å². The van der Waals surface area contributed by atoms with Crippen LogP contribution in [0.3, 0.4) is 0 Å². The first-order valence-corrected chi connectivity index (χ1v) is 19.8. The summed E-state index contributed by atoms with van der Waals surface area (Å²) in [5, 5.41) is 13.6. The molecule has 0 fully saturated rings. The van der Waals surface area contributed by atoms with Crippen molar-refractivity contribution in [2.75, 3.05) is 40.9 Å². The third-order valence-electron chi connectivity index (χ3n) is 7.82. The van der Waals surface area contributed by atoms with E-state index in [1.807, 2.05) is 27.2 Å². The number of allylic oxidation sites excluding steroid dienone is 5. The second kappa shape index (κ2) is 29.8. The molecule has 0 radical (unpaired) electrons. The molecule has 0 aliphatic rings. The Labute approximate surface area is 283 Å². The highest BCUT2D eigenvalue weighted by atomic mass is 31.2. The molecule has 0 saturated carbocycles. The lowest BCUT2D eigenvalue weighted by Crippen LogP contribution is -2.45. The van der Waals surface area contributed by atoms with E-state index in [0.717, 1.165) is 57.8 Å². The van der Waals surface area contributed by atoms with E-state index in [-0.39, 0.29) is 12.5 Å². The number of hydrogen-bond acceptors (Lipinski definition) is 6. The van der Waals surface area contributed by atoms with E-state index in [9.17, 15) is 19.4 Å². The van der Waals surface area contributed by atoms with Crippen LogP contribution in [0.15, 0.2) is 36.5 Å². The number of quaternary nitrogens is 1. The Morgan fingerprint density at radius 2 is 1.22 bits per heavy atom. The second-order valence-corrected chi connectivity index (χ2v) is 15.0. The fourth-order valence-corrected chi connectivity index (χ4v) is 5.53. The Balaban J connectivity index is 4.60. The minimum absolute atomic E-state index is 0.00864. The maximum absolute atomic E-state index is 12.7. The van der Waals surface area contributed by atoms with Crippen LogP contribution >= 0.6 is 7.82 Å². The minimum Gasteiger partial charge on any atom is -0.756 e. The topological polar surface area (TPSA) is 108 Å². The highest BCUT2D eigenvalue weighted by Gasteiger charge is 2.23. The van der Waals surface area contributed by atoms with Gasteiger partial charge in [0.2, 0.25) is 5.91 Å². The molecule has 0 bridgehead atoms. The van der Waals surface area contributed by atoms with Gasteiger partial charge in [-0.2, -0.15) is 0 Å². The second-order valence-electron chi connectivity index (χ2n) is 13.6. The predicted octanol–water partition coefficient (Wildman–Crippen LogP) is 8.55. The van der Waals surface area contributed by atoms with Crippen LogP contribution in [-0.4, -0.2) is 68.5 Å². The molecule has 1 amide bonds. The van der Waals surface area contributed by atoms with Gasteiger partial charge in [-0.15, -0.1) is 0 Å². The zero-order chi connectivity index (χ0) is 34.4. The van der Waals surface area contributed by atoms with Gasteiger partial charge in [-0.3, -0.25) is 9.36 Å². The molecule has 0 aromatic carbocycles. The van der Waals surface area contributed by atoms with Crippen molar-refractivity contribution in [3.05, 3.63) is 36.5 Å². The van der Waals surface area contributed by atoms with E-state index in [0.29, 0.717) is 17.4 Å². The first-order valence-electron chi connectivity index (χ1n) is 18.4. The first-order chi connectivity index (χ1) is 22.0. The van der Waals surface area contributed by atoms with Gasteiger partial charge in [0.15, 0.2) is 0 Å². The number of unbranched alkanes of at least 4 members (excludes halogenated alkanes) is 15. The molecule has 0 saturated heterocycles. The number of aliphatic hydroxyl groups excluding tert-OH is 1. The zero-order valence-electron chi connectivity index (χ0n) is 30.3. The van der Waals surface area contributed by atoms with Crippen LogP contribution in [0, 0.1) is 0 Å². The maximum Gasteiger partial charge on any atom is 0.268 e. The van der Waals surface area contributed by atoms with Crippen molar-refractivity contribution < 1.29 is 32.9 Å². The number of amides is 1. The summed E-state index contributed by atoms with van der Waals surface area (Å²) in [5.74, 6) is -0.222. The zero-order valence-corrected chi connectivity index (χ0v) is 31.2. The third kappa shape index (κ3) is 31.3. The highest BCUT2D eigenvalue weighted by Crippen LogP contribution is 2.38. The van der Waals surface area contributed by atoms with Crippen molar-refractivity contribution in [2.24, 2.45) is 0 Å². The van der Waals surface area contributed by atoms with Gasteiger partial charge in [-0.25, -0.2) is 0 Å². The van der Waals surface area contributed by atoms with Crippen molar-refractivity contribution in [3.63, 3.8) is 0 Å². The summed E-state index contributed by atoms with van der Waals surface area (Å²) in [5.41, 5.74) is 0. The average molecular weight is 671 g/mol. The van der Waals surface area contributed by atoms with Crippen molar-refractivity contribution in [2.45, 2.75) is 154 Å². The summed E-state index contributed by atoms with van der Waals surface area (Å²) in [6.45, 7) is 4.53. The van der Waals surface area contributed by atoms with E-state index in [2.05, 4.69) is 43.5 Å². The fourth-order valence-electron chi connectivity index (χ4n) is 4.81. The monoisotopic (exact) mass is 671 g/mol. The third-order valence-corrected chi connectivity index (χ3v) is 8.79. The summed E-state index contributed by atoms with van der Waals surface area (Å²) in [4.78, 5) is 25.1. The van der Waals surface area contributed by atoms with E-state index in [1.165, 1.54) is 64.2 Å². The van der Waals surface area contributed by atoms with E-state index < -0.39 is 26.6 Å². The molecule has 270 valence electrons. The van der Waals surface area contributed by atoms with Crippen molar-refractivity contribution in [1.29, 1.82) is 0 Å². The number of rotatable bonds is 32. The summed E-state index contributed by atoms with van der Waals surface area (Å²) >= 11 is 0. The van der Waals surface area contributed by atoms with Crippen LogP contribution in [0.25, 0.3) is 0 Å². The molecule has 0 aromatic rings. The lowest BCUT2D eigenvalue weighted by atomic mass is 10.1. The van der Waals surface area contributed by atoms with Gasteiger partial charge in [0, 0.05) is 6.42 Å². The minimum atomic E-state index is -4.58. The molecule has 0 aromatic heterocycles. The Morgan fingerprint density at radius 1 is 0.739 bits per heavy atom. The fraction of sp³-hybridized carbons (Fsp3) is 0.811. The lowest BCUT2D eigenvalue weighted by Gasteiger charge is -2.29. The van der Waals surface area contributed by atoms with E-state index >= 15 is 0 Å². The molecule has 0 aliphatic heterocycles. The number of aliphatic hydroxyl groups is 1. The molecule has 3 atom stereocenters. The van der Waals surface area contributed by atoms with E-state index in [4.69, 9.17) is 9.05 Å². The molecular formula is C37H71N2O6P. The molecule has 1 unspecified atom stereocenters. The number of carbonyl (C=O) groups is 1. The highest BCUT2D eigenvalue weighted by molar-refractivity contribution is 7.45. The molecule has 0 spiro atoms. The number of nitrogens with one attached hydrogen (secondary N) is 1. The lowest BCUT2D eigenvalue weighted by molar-refractivity contribution is -0.870. The van der Waals surface area contributed by atoms with Gasteiger partial charge in [0.1, 0.15) is 13.2 Å². The number of likely N-dealkylation sites (N-methyl/N-ethyl adjacent to an activating group) is 1. The Hall–Kier alpha value is -1.28. The van der Waals surface area contributed by atoms with Crippen LogP contribution < -0.4 is 10.2 Å². The standard InChI is InChI=1S/C37H71N2O6P/c1-6-8-10-12-14-16-18-19-20-21-23-25-27-29-31-37(41)38-35(34-45-46(42,43)44-33-32-39(3,4)5)36(40)30-28-26-24-22-17-15-13-11-9-7-2/h17-19,22,28,30,35-36,40H,6-16,20-21,23-27,29,31-34H2,1-5H3,(H-,38,41,42,43)/b19-18+,22-17+,30-28+/t35-,36+/m0/s1. The van der Waals surface area contributed by atoms with Gasteiger partial charge in [-0.1, -0.05) is 115 Å². The molecule has 0 heterocycles. The first kappa shape index (κ1) is 44.7. The van der Waals surface area contributed by atoms with Gasteiger partial charge in [-0.05, 0) is 57.8 Å². The summed E-state index contributed by atoms with van der Waals surface area (Å²) < 4.78 is 23.0. The Morgan fingerprint density at radius 3 is 1.78 bits per heavy atom. The molecule has 9 heteroatoms. The smallest absolute Gasteiger partial charge is 0.268 e. The summed E-state index contributed by atoms with van der Waals surface area (Å²) in [6, 6.07) is -0.902. The van der Waals surface area contributed by atoms with Crippen LogP contribution in [0.5, 0.6) is 0 Å². The van der Waals surface area contributed by atoms with Crippen molar-refractivity contribution >= 4 is 13.7 Å². The van der Waals surface area contributed by atoms with Crippen molar-refractivity contribution in [1.82, 2.24) is 5.32 Å². The molecule has 2 N–H and O–H groups in total.